The van der Waals surface area contributed by atoms with E-state index in [1.807, 2.05) is 4.68 Å². The standard InChI is InChI=1S/C53H58N4OP/c1-56(2)40-41-58-47-37-35-46(36-38-47)52(44-25-13-8-14-26-44)53(45-27-15-9-16-28-45)51-43-57(55-54-51)39-23-6-4-3-5-7-24-42-59(48-29-17-10-18-30-48,49-31-19-11-20-32-49)50-33-21-12-22-34-50/h8-22,25-38,43H,3-7,23-24,39-42H2,1-2H3/q+1/b53-52+. The zero-order valence-electron chi connectivity index (χ0n) is 34.7. The van der Waals surface area contributed by atoms with Crippen LogP contribution in [0.4, 0.5) is 0 Å². The molecule has 1 heterocycles. The Hall–Kier alpha value is -5.61. The van der Waals surface area contributed by atoms with E-state index in [0.29, 0.717) is 6.61 Å². The van der Waals surface area contributed by atoms with E-state index in [9.17, 15) is 0 Å². The van der Waals surface area contributed by atoms with Gasteiger partial charge < -0.3 is 9.64 Å². The monoisotopic (exact) mass is 797 g/mol. The van der Waals surface area contributed by atoms with Gasteiger partial charge in [0.25, 0.3) is 0 Å². The maximum Gasteiger partial charge on any atom is 0.119 e. The van der Waals surface area contributed by atoms with Gasteiger partial charge in [0.2, 0.25) is 0 Å². The van der Waals surface area contributed by atoms with Gasteiger partial charge in [-0.1, -0.05) is 158 Å². The van der Waals surface area contributed by atoms with Crippen molar-refractivity contribution in [1.82, 2.24) is 19.9 Å². The van der Waals surface area contributed by atoms with Crippen LogP contribution in [-0.2, 0) is 6.54 Å². The van der Waals surface area contributed by atoms with Crippen LogP contribution in [0, 0.1) is 0 Å². The van der Waals surface area contributed by atoms with Crippen molar-refractivity contribution in [2.24, 2.45) is 0 Å². The lowest BCUT2D eigenvalue weighted by atomic mass is 9.88. The molecule has 6 heteroatoms. The number of unbranched alkanes of at least 4 members (excludes halogenated alkanes) is 6. The number of hydrogen-bond donors (Lipinski definition) is 0. The average Bonchev–Trinajstić information content (AvgIpc) is 3.76. The minimum atomic E-state index is -1.75. The van der Waals surface area contributed by atoms with E-state index >= 15 is 0 Å². The molecule has 0 unspecified atom stereocenters. The lowest BCUT2D eigenvalue weighted by Gasteiger charge is -2.27. The molecule has 6 aromatic carbocycles. The Kier molecular flexibility index (Phi) is 15.1. The van der Waals surface area contributed by atoms with E-state index in [2.05, 4.69) is 206 Å². The Morgan fingerprint density at radius 3 is 1.46 bits per heavy atom. The summed E-state index contributed by atoms with van der Waals surface area (Å²) < 4.78 is 8.08. The molecule has 0 saturated heterocycles. The van der Waals surface area contributed by atoms with Gasteiger partial charge >= 0.3 is 0 Å². The Morgan fingerprint density at radius 1 is 0.508 bits per heavy atom. The predicted molar refractivity (Wildman–Crippen MR) is 251 cm³/mol. The molecule has 0 aliphatic heterocycles. The molecule has 0 amide bonds. The predicted octanol–water partition coefficient (Wildman–Crippen LogP) is 11.0. The molecule has 0 radical (unpaired) electrons. The number of ether oxygens (including phenoxy) is 1. The minimum absolute atomic E-state index is 0.646. The molecule has 0 bridgehead atoms. The second kappa shape index (κ2) is 21.4. The van der Waals surface area contributed by atoms with Crippen LogP contribution in [-0.4, -0.2) is 53.3 Å². The van der Waals surface area contributed by atoms with Crippen molar-refractivity contribution in [2.45, 2.75) is 51.5 Å². The Labute approximate surface area is 352 Å². The van der Waals surface area contributed by atoms with Gasteiger partial charge in [-0.15, -0.1) is 5.10 Å². The summed E-state index contributed by atoms with van der Waals surface area (Å²) in [4.78, 5) is 2.13. The summed E-state index contributed by atoms with van der Waals surface area (Å²) in [5.74, 6) is 0.868. The second-order valence-corrected chi connectivity index (χ2v) is 19.2. The minimum Gasteiger partial charge on any atom is -0.492 e. The van der Waals surface area contributed by atoms with Gasteiger partial charge in [0, 0.05) is 18.7 Å². The molecule has 0 atom stereocenters. The van der Waals surface area contributed by atoms with Crippen LogP contribution < -0.4 is 20.7 Å². The highest BCUT2D eigenvalue weighted by atomic mass is 31.2. The van der Waals surface area contributed by atoms with Crippen molar-refractivity contribution in [2.75, 3.05) is 33.4 Å². The van der Waals surface area contributed by atoms with Crippen LogP contribution in [0.25, 0.3) is 11.1 Å². The van der Waals surface area contributed by atoms with Crippen LogP contribution in [0.5, 0.6) is 5.75 Å². The molecule has 0 spiro atoms. The van der Waals surface area contributed by atoms with Gasteiger partial charge in [-0.2, -0.15) is 0 Å². The highest BCUT2D eigenvalue weighted by Gasteiger charge is 2.44. The zero-order chi connectivity index (χ0) is 40.5. The summed E-state index contributed by atoms with van der Waals surface area (Å²) in [5, 5.41) is 13.9. The fourth-order valence-corrected chi connectivity index (χ4v) is 12.5. The van der Waals surface area contributed by atoms with Crippen LogP contribution in [0.1, 0.15) is 67.3 Å². The van der Waals surface area contributed by atoms with Crippen molar-refractivity contribution in [3.05, 3.63) is 205 Å². The molecule has 300 valence electrons. The molecule has 59 heavy (non-hydrogen) atoms. The summed E-state index contributed by atoms with van der Waals surface area (Å²) in [6.07, 6.45) is 11.8. The fraction of sp³-hybridized carbons (Fsp3) is 0.245. The molecule has 7 aromatic rings. The van der Waals surface area contributed by atoms with Crippen molar-refractivity contribution >= 4 is 34.3 Å². The molecular formula is C53H58N4OP+. The topological polar surface area (TPSA) is 43.2 Å². The molecule has 5 nitrogen and oxygen atoms in total. The molecule has 0 aliphatic carbocycles. The van der Waals surface area contributed by atoms with E-state index in [-0.39, 0.29) is 0 Å². The number of nitrogens with zero attached hydrogens (tertiary/aromatic N) is 4. The lowest BCUT2D eigenvalue weighted by molar-refractivity contribution is 0.261. The summed E-state index contributed by atoms with van der Waals surface area (Å²) in [5.41, 5.74) is 6.43. The SMILES string of the molecule is CN(C)CCOc1ccc(/C(=C(\c2ccccc2)c2cn(CCCCCCCCC[P+](c3ccccc3)(c3ccccc3)c3ccccc3)nn2)c2ccccc2)cc1. The largest absolute Gasteiger partial charge is 0.492 e. The number of aryl methyl sites for hydroxylation is 1. The van der Waals surface area contributed by atoms with Gasteiger partial charge in [0.05, 0.1) is 12.4 Å². The summed E-state index contributed by atoms with van der Waals surface area (Å²) in [7, 11) is 2.36. The van der Waals surface area contributed by atoms with Crippen LogP contribution in [0.2, 0.25) is 0 Å². The van der Waals surface area contributed by atoms with E-state index in [1.54, 1.807) is 0 Å². The fourth-order valence-electron chi connectivity index (χ4n) is 8.06. The quantitative estimate of drug-likeness (QED) is 0.0413. The highest BCUT2D eigenvalue weighted by Crippen LogP contribution is 2.56. The first kappa shape index (κ1) is 41.5. The number of aromatic nitrogens is 3. The lowest BCUT2D eigenvalue weighted by Crippen LogP contribution is -2.33. The van der Waals surface area contributed by atoms with Crippen molar-refractivity contribution in [3.63, 3.8) is 0 Å². The third-order valence-corrected chi connectivity index (χ3v) is 15.6. The first-order chi connectivity index (χ1) is 29.1. The Morgan fingerprint density at radius 2 is 0.949 bits per heavy atom. The smallest absolute Gasteiger partial charge is 0.119 e. The van der Waals surface area contributed by atoms with Crippen molar-refractivity contribution in [3.8, 4) is 5.75 Å². The third-order valence-electron chi connectivity index (χ3n) is 11.1. The molecule has 0 saturated carbocycles. The maximum absolute atomic E-state index is 6.04. The first-order valence-electron chi connectivity index (χ1n) is 21.3. The van der Waals surface area contributed by atoms with E-state index in [1.165, 1.54) is 60.6 Å². The van der Waals surface area contributed by atoms with Gasteiger partial charge in [-0.3, -0.25) is 4.68 Å². The molecule has 0 aliphatic rings. The van der Waals surface area contributed by atoms with E-state index < -0.39 is 7.26 Å². The van der Waals surface area contributed by atoms with Gasteiger partial charge in [-0.25, -0.2) is 0 Å². The molecular weight excluding hydrogens is 740 g/mol. The summed E-state index contributed by atoms with van der Waals surface area (Å²) in [6, 6.07) is 63.5. The number of rotatable bonds is 21. The van der Waals surface area contributed by atoms with Crippen molar-refractivity contribution in [1.29, 1.82) is 0 Å². The molecule has 1 aromatic heterocycles. The summed E-state index contributed by atoms with van der Waals surface area (Å²) >= 11 is 0. The zero-order valence-corrected chi connectivity index (χ0v) is 35.6. The first-order valence-corrected chi connectivity index (χ1v) is 23.3. The van der Waals surface area contributed by atoms with Gasteiger partial charge in [0.15, 0.2) is 0 Å². The van der Waals surface area contributed by atoms with Crippen molar-refractivity contribution < 1.29 is 4.74 Å². The van der Waals surface area contributed by atoms with Crippen LogP contribution in [0.15, 0.2) is 182 Å². The summed E-state index contributed by atoms with van der Waals surface area (Å²) in [6.45, 7) is 2.37. The molecule has 7 rings (SSSR count). The van der Waals surface area contributed by atoms with Gasteiger partial charge in [0.1, 0.15) is 41.2 Å². The third kappa shape index (κ3) is 10.9. The number of hydrogen-bond acceptors (Lipinski definition) is 4. The average molecular weight is 798 g/mol. The molecule has 0 fully saturated rings. The van der Waals surface area contributed by atoms with E-state index in [0.717, 1.165) is 58.8 Å². The number of likely N-dealkylation sites (N-methyl/N-ethyl adjacent to an activating group) is 1. The van der Waals surface area contributed by atoms with Crippen LogP contribution >= 0.6 is 7.26 Å². The van der Waals surface area contributed by atoms with E-state index in [4.69, 9.17) is 9.84 Å². The molecule has 0 N–H and O–H groups in total. The Balaban J connectivity index is 0.984. The number of benzene rings is 6. The second-order valence-electron chi connectivity index (χ2n) is 15.5. The highest BCUT2D eigenvalue weighted by molar-refractivity contribution is 7.95. The van der Waals surface area contributed by atoms with Crippen LogP contribution in [0.3, 0.4) is 0 Å². The Bertz CT molecular complexity index is 2200. The maximum atomic E-state index is 6.04. The van der Waals surface area contributed by atoms with Gasteiger partial charge in [-0.05, 0) is 104 Å². The normalized spacial score (nSPS) is 12.1.